The molecule has 2 aliphatic heterocycles. The van der Waals surface area contributed by atoms with Gasteiger partial charge in [-0.3, -0.25) is 9.59 Å². The summed E-state index contributed by atoms with van der Waals surface area (Å²) in [6.45, 7) is 1.87. The SMILES string of the molecule is O=C(c1ccoc1)N1CCC2(CC1)CCN(c1cncnc1)C2=O. The average Bonchev–Trinajstić information content (AvgIpc) is 3.26. The summed E-state index contributed by atoms with van der Waals surface area (Å²) < 4.78 is 4.98. The maximum atomic E-state index is 12.9. The molecule has 0 atom stereocenters. The third-order valence-electron chi connectivity index (χ3n) is 5.15. The molecule has 4 heterocycles. The summed E-state index contributed by atoms with van der Waals surface area (Å²) in [6.07, 6.45) is 9.96. The zero-order valence-electron chi connectivity index (χ0n) is 13.2. The van der Waals surface area contributed by atoms with Crippen LogP contribution in [0.4, 0.5) is 5.69 Å². The van der Waals surface area contributed by atoms with Gasteiger partial charge in [-0.05, 0) is 25.3 Å². The first-order valence-corrected chi connectivity index (χ1v) is 8.08. The summed E-state index contributed by atoms with van der Waals surface area (Å²) in [7, 11) is 0. The van der Waals surface area contributed by atoms with Gasteiger partial charge in [0.2, 0.25) is 5.91 Å². The lowest BCUT2D eigenvalue weighted by Gasteiger charge is -2.37. The zero-order valence-corrected chi connectivity index (χ0v) is 13.2. The van der Waals surface area contributed by atoms with Crippen molar-refractivity contribution in [2.45, 2.75) is 19.3 Å². The highest BCUT2D eigenvalue weighted by Crippen LogP contribution is 2.43. The molecule has 0 aromatic carbocycles. The second-order valence-corrected chi connectivity index (χ2v) is 6.39. The fourth-order valence-corrected chi connectivity index (χ4v) is 3.67. The van der Waals surface area contributed by atoms with Crippen molar-refractivity contribution in [1.82, 2.24) is 14.9 Å². The van der Waals surface area contributed by atoms with E-state index < -0.39 is 0 Å². The van der Waals surface area contributed by atoms with Crippen LogP contribution < -0.4 is 4.90 Å². The lowest BCUT2D eigenvalue weighted by molar-refractivity contribution is -0.127. The molecule has 24 heavy (non-hydrogen) atoms. The Morgan fingerprint density at radius 1 is 1.12 bits per heavy atom. The number of anilines is 1. The van der Waals surface area contributed by atoms with Crippen molar-refractivity contribution in [3.05, 3.63) is 42.9 Å². The molecule has 2 amide bonds. The van der Waals surface area contributed by atoms with Crippen LogP contribution in [0.3, 0.4) is 0 Å². The van der Waals surface area contributed by atoms with E-state index in [0.717, 1.165) is 12.1 Å². The number of hydrogen-bond acceptors (Lipinski definition) is 5. The largest absolute Gasteiger partial charge is 0.472 e. The van der Waals surface area contributed by atoms with Gasteiger partial charge in [0.05, 0.1) is 35.3 Å². The Bertz CT molecular complexity index is 736. The highest BCUT2D eigenvalue weighted by atomic mass is 16.3. The Morgan fingerprint density at radius 3 is 2.50 bits per heavy atom. The minimum absolute atomic E-state index is 0.0302. The van der Waals surface area contributed by atoms with Crippen LogP contribution in [-0.2, 0) is 4.79 Å². The molecule has 0 N–H and O–H groups in total. The lowest BCUT2D eigenvalue weighted by atomic mass is 9.77. The third-order valence-corrected chi connectivity index (χ3v) is 5.15. The number of carbonyl (C=O) groups is 2. The first-order valence-electron chi connectivity index (χ1n) is 8.08. The first kappa shape index (κ1) is 14.9. The summed E-state index contributed by atoms with van der Waals surface area (Å²) >= 11 is 0. The van der Waals surface area contributed by atoms with Crippen LogP contribution in [-0.4, -0.2) is 46.3 Å². The minimum Gasteiger partial charge on any atom is -0.472 e. The predicted molar refractivity (Wildman–Crippen MR) is 85.3 cm³/mol. The Balaban J connectivity index is 1.45. The van der Waals surface area contributed by atoms with E-state index in [1.807, 2.05) is 0 Å². The molecule has 7 nitrogen and oxygen atoms in total. The highest BCUT2D eigenvalue weighted by Gasteiger charge is 2.49. The maximum Gasteiger partial charge on any atom is 0.257 e. The van der Waals surface area contributed by atoms with Crippen molar-refractivity contribution in [1.29, 1.82) is 0 Å². The van der Waals surface area contributed by atoms with E-state index in [2.05, 4.69) is 9.97 Å². The Morgan fingerprint density at radius 2 is 1.83 bits per heavy atom. The zero-order chi connectivity index (χ0) is 16.6. The molecule has 2 aliphatic rings. The number of hydrogen-bond donors (Lipinski definition) is 0. The monoisotopic (exact) mass is 326 g/mol. The number of nitrogens with zero attached hydrogens (tertiary/aromatic N) is 4. The van der Waals surface area contributed by atoms with Gasteiger partial charge in [-0.2, -0.15) is 0 Å². The molecule has 2 fully saturated rings. The van der Waals surface area contributed by atoms with Gasteiger partial charge in [0.15, 0.2) is 0 Å². The van der Waals surface area contributed by atoms with Crippen LogP contribution in [0.2, 0.25) is 0 Å². The van der Waals surface area contributed by atoms with Crippen LogP contribution in [0.1, 0.15) is 29.6 Å². The lowest BCUT2D eigenvalue weighted by Crippen LogP contribution is -2.46. The molecule has 7 heteroatoms. The van der Waals surface area contributed by atoms with Crippen LogP contribution >= 0.6 is 0 Å². The van der Waals surface area contributed by atoms with Crippen LogP contribution in [0.25, 0.3) is 0 Å². The number of aromatic nitrogens is 2. The molecule has 0 aliphatic carbocycles. The molecule has 2 aromatic heterocycles. The molecular formula is C17H18N4O3. The smallest absolute Gasteiger partial charge is 0.257 e. The Hall–Kier alpha value is -2.70. The highest BCUT2D eigenvalue weighted by molar-refractivity contribution is 6.00. The van der Waals surface area contributed by atoms with Crippen molar-refractivity contribution in [2.24, 2.45) is 5.41 Å². The third kappa shape index (κ3) is 2.36. The van der Waals surface area contributed by atoms with Crippen LogP contribution in [0.15, 0.2) is 41.7 Å². The Labute approximate surface area is 139 Å². The van der Waals surface area contributed by atoms with Gasteiger partial charge in [-0.25, -0.2) is 9.97 Å². The van der Waals surface area contributed by atoms with E-state index in [4.69, 9.17) is 4.42 Å². The minimum atomic E-state index is -0.358. The summed E-state index contributed by atoms with van der Waals surface area (Å²) in [5.74, 6) is 0.102. The van der Waals surface area contributed by atoms with E-state index in [9.17, 15) is 9.59 Å². The second kappa shape index (κ2) is 5.74. The standard InChI is InChI=1S/C17H18N4O3/c22-15(13-1-8-24-11-13)20-5-2-17(3-6-20)4-7-21(16(17)23)14-9-18-12-19-10-14/h1,8-12H,2-7H2. The molecule has 0 radical (unpaired) electrons. The van der Waals surface area contributed by atoms with Gasteiger partial charge in [0.25, 0.3) is 5.91 Å². The normalized spacial score (nSPS) is 19.9. The van der Waals surface area contributed by atoms with Gasteiger partial charge in [-0.1, -0.05) is 0 Å². The molecule has 2 aromatic rings. The van der Waals surface area contributed by atoms with Crippen LogP contribution in [0, 0.1) is 5.41 Å². The number of piperidine rings is 1. The van der Waals surface area contributed by atoms with E-state index >= 15 is 0 Å². The van der Waals surface area contributed by atoms with Gasteiger partial charge in [0.1, 0.15) is 12.6 Å². The quantitative estimate of drug-likeness (QED) is 0.839. The molecule has 124 valence electrons. The van der Waals surface area contributed by atoms with E-state index in [1.165, 1.54) is 18.9 Å². The fraction of sp³-hybridized carbons (Fsp3) is 0.412. The second-order valence-electron chi connectivity index (χ2n) is 6.39. The van der Waals surface area contributed by atoms with Crippen molar-refractivity contribution >= 4 is 17.5 Å². The van der Waals surface area contributed by atoms with Gasteiger partial charge >= 0.3 is 0 Å². The molecule has 2 saturated heterocycles. The van der Waals surface area contributed by atoms with Gasteiger partial charge in [-0.15, -0.1) is 0 Å². The summed E-state index contributed by atoms with van der Waals surface area (Å²) in [4.78, 5) is 36.9. The predicted octanol–water partition coefficient (Wildman–Crippen LogP) is 1.73. The number of rotatable bonds is 2. The maximum absolute atomic E-state index is 12.9. The molecular weight excluding hydrogens is 308 g/mol. The first-order chi connectivity index (χ1) is 11.7. The van der Waals surface area contributed by atoms with Gasteiger partial charge in [0, 0.05) is 19.6 Å². The number of amides is 2. The average molecular weight is 326 g/mol. The van der Waals surface area contributed by atoms with Gasteiger partial charge < -0.3 is 14.2 Å². The van der Waals surface area contributed by atoms with Crippen molar-refractivity contribution in [2.75, 3.05) is 24.5 Å². The van der Waals surface area contributed by atoms with E-state index in [-0.39, 0.29) is 17.2 Å². The number of likely N-dealkylation sites (tertiary alicyclic amines) is 1. The molecule has 1 spiro atoms. The topological polar surface area (TPSA) is 79.5 Å². The van der Waals surface area contributed by atoms with E-state index in [0.29, 0.717) is 38.0 Å². The number of carbonyl (C=O) groups excluding carboxylic acids is 2. The van der Waals surface area contributed by atoms with Crippen molar-refractivity contribution < 1.29 is 14.0 Å². The Kier molecular flexibility index (Phi) is 3.55. The summed E-state index contributed by atoms with van der Waals surface area (Å²) in [5.41, 5.74) is 0.950. The fourth-order valence-electron chi connectivity index (χ4n) is 3.67. The summed E-state index contributed by atoms with van der Waals surface area (Å²) in [6, 6.07) is 1.67. The van der Waals surface area contributed by atoms with Crippen molar-refractivity contribution in [3.8, 4) is 0 Å². The molecule has 0 unspecified atom stereocenters. The molecule has 4 rings (SSSR count). The van der Waals surface area contributed by atoms with E-state index in [1.54, 1.807) is 28.3 Å². The summed E-state index contributed by atoms with van der Waals surface area (Å²) in [5, 5.41) is 0. The van der Waals surface area contributed by atoms with Crippen LogP contribution in [0.5, 0.6) is 0 Å². The molecule has 0 bridgehead atoms. The molecule has 0 saturated carbocycles. The van der Waals surface area contributed by atoms with Crippen molar-refractivity contribution in [3.63, 3.8) is 0 Å². The number of furan rings is 1.